The van der Waals surface area contributed by atoms with Crippen LogP contribution in [0.5, 0.6) is 0 Å². The third kappa shape index (κ3) is 2.61. The quantitative estimate of drug-likeness (QED) is 0.875. The highest BCUT2D eigenvalue weighted by molar-refractivity contribution is 5.61. The van der Waals surface area contributed by atoms with Crippen LogP contribution in [0.25, 0.3) is 11.3 Å². The molecule has 2 aromatic rings. The van der Waals surface area contributed by atoms with E-state index >= 15 is 0 Å². The molecule has 0 spiro atoms. The molecular weight excluding hydrogens is 210 g/mol. The number of aromatic nitrogens is 2. The van der Waals surface area contributed by atoms with Gasteiger partial charge in [0, 0.05) is 12.1 Å². The van der Waals surface area contributed by atoms with Gasteiger partial charge in [0.2, 0.25) is 0 Å². The molecule has 0 amide bonds. The first-order chi connectivity index (χ1) is 8.20. The van der Waals surface area contributed by atoms with Gasteiger partial charge < -0.3 is 5.32 Å². The van der Waals surface area contributed by atoms with Crippen molar-refractivity contribution in [1.82, 2.24) is 9.97 Å². The Morgan fingerprint density at radius 2 is 1.94 bits per heavy atom. The molecule has 0 radical (unpaired) electrons. The Kier molecular flexibility index (Phi) is 3.38. The highest BCUT2D eigenvalue weighted by Crippen LogP contribution is 2.20. The normalized spacial score (nSPS) is 10.3. The molecule has 1 aromatic carbocycles. The van der Waals surface area contributed by atoms with Crippen molar-refractivity contribution in [3.05, 3.63) is 41.7 Å². The molecule has 1 N–H and O–H groups in total. The minimum Gasteiger partial charge on any atom is -0.369 e. The lowest BCUT2D eigenvalue weighted by Crippen LogP contribution is -2.00. The SMILES string of the molecule is CCNc1cncc(-c2ccc(C)c(C)c2)n1. The van der Waals surface area contributed by atoms with Crippen molar-refractivity contribution in [3.8, 4) is 11.3 Å². The standard InChI is InChI=1S/C14H17N3/c1-4-16-14-9-15-8-13(17-14)12-6-5-10(2)11(3)7-12/h5-9H,4H2,1-3H3,(H,16,17). The summed E-state index contributed by atoms with van der Waals surface area (Å²) in [5.74, 6) is 0.822. The molecule has 17 heavy (non-hydrogen) atoms. The van der Waals surface area contributed by atoms with Crippen molar-refractivity contribution in [2.45, 2.75) is 20.8 Å². The summed E-state index contributed by atoms with van der Waals surface area (Å²) in [6, 6.07) is 6.35. The summed E-state index contributed by atoms with van der Waals surface area (Å²) in [5.41, 5.74) is 4.59. The second kappa shape index (κ2) is 4.95. The molecule has 0 unspecified atom stereocenters. The summed E-state index contributed by atoms with van der Waals surface area (Å²) in [4.78, 5) is 8.74. The second-order valence-electron chi connectivity index (χ2n) is 4.12. The first-order valence-electron chi connectivity index (χ1n) is 5.84. The third-order valence-corrected chi connectivity index (χ3v) is 2.80. The zero-order valence-electron chi connectivity index (χ0n) is 10.5. The minimum absolute atomic E-state index is 0.822. The summed E-state index contributed by atoms with van der Waals surface area (Å²) < 4.78 is 0. The Bertz CT molecular complexity index is 521. The first kappa shape index (κ1) is 11.6. The fraction of sp³-hybridized carbons (Fsp3) is 0.286. The van der Waals surface area contributed by atoms with Gasteiger partial charge in [-0.3, -0.25) is 4.98 Å². The van der Waals surface area contributed by atoms with Gasteiger partial charge in [0.05, 0.1) is 18.1 Å². The average molecular weight is 227 g/mol. The lowest BCUT2D eigenvalue weighted by atomic mass is 10.0. The van der Waals surface area contributed by atoms with E-state index in [2.05, 4.69) is 47.3 Å². The second-order valence-corrected chi connectivity index (χ2v) is 4.12. The first-order valence-corrected chi connectivity index (χ1v) is 5.84. The van der Waals surface area contributed by atoms with Crippen LogP contribution >= 0.6 is 0 Å². The maximum absolute atomic E-state index is 4.53. The Morgan fingerprint density at radius 1 is 1.12 bits per heavy atom. The monoisotopic (exact) mass is 227 g/mol. The Hall–Kier alpha value is -1.90. The molecule has 0 saturated carbocycles. The number of aryl methyl sites for hydroxylation is 2. The number of nitrogens with zero attached hydrogens (tertiary/aromatic N) is 2. The molecular formula is C14H17N3. The van der Waals surface area contributed by atoms with E-state index in [-0.39, 0.29) is 0 Å². The van der Waals surface area contributed by atoms with Crippen LogP contribution in [0.15, 0.2) is 30.6 Å². The van der Waals surface area contributed by atoms with E-state index in [1.54, 1.807) is 12.4 Å². The average Bonchev–Trinajstić information content (AvgIpc) is 2.33. The van der Waals surface area contributed by atoms with Gasteiger partial charge in [-0.1, -0.05) is 12.1 Å². The Balaban J connectivity index is 2.38. The fourth-order valence-corrected chi connectivity index (χ4v) is 1.67. The number of hydrogen-bond donors (Lipinski definition) is 1. The van der Waals surface area contributed by atoms with Crippen LogP contribution in [0.4, 0.5) is 5.82 Å². The molecule has 88 valence electrons. The van der Waals surface area contributed by atoms with Crippen LogP contribution in [0, 0.1) is 13.8 Å². The molecule has 3 nitrogen and oxygen atoms in total. The van der Waals surface area contributed by atoms with Crippen molar-refractivity contribution in [1.29, 1.82) is 0 Å². The highest BCUT2D eigenvalue weighted by Gasteiger charge is 2.02. The highest BCUT2D eigenvalue weighted by atomic mass is 15.0. The molecule has 1 aromatic heterocycles. The van der Waals surface area contributed by atoms with Gasteiger partial charge in [-0.15, -0.1) is 0 Å². The zero-order valence-corrected chi connectivity index (χ0v) is 10.5. The van der Waals surface area contributed by atoms with E-state index in [4.69, 9.17) is 0 Å². The largest absolute Gasteiger partial charge is 0.369 e. The molecule has 1 heterocycles. The summed E-state index contributed by atoms with van der Waals surface area (Å²) in [7, 11) is 0. The van der Waals surface area contributed by atoms with Gasteiger partial charge >= 0.3 is 0 Å². The topological polar surface area (TPSA) is 37.8 Å². The van der Waals surface area contributed by atoms with E-state index in [0.717, 1.165) is 23.6 Å². The summed E-state index contributed by atoms with van der Waals surface area (Å²) >= 11 is 0. The molecule has 2 rings (SSSR count). The predicted octanol–water partition coefficient (Wildman–Crippen LogP) is 3.19. The zero-order chi connectivity index (χ0) is 12.3. The molecule has 0 aliphatic heterocycles. The van der Waals surface area contributed by atoms with E-state index in [9.17, 15) is 0 Å². The van der Waals surface area contributed by atoms with Gasteiger partial charge in [-0.2, -0.15) is 0 Å². The third-order valence-electron chi connectivity index (χ3n) is 2.80. The fourth-order valence-electron chi connectivity index (χ4n) is 1.67. The lowest BCUT2D eigenvalue weighted by molar-refractivity contribution is 1.12. The lowest BCUT2D eigenvalue weighted by Gasteiger charge is -2.07. The van der Waals surface area contributed by atoms with Crippen molar-refractivity contribution >= 4 is 5.82 Å². The number of hydrogen-bond acceptors (Lipinski definition) is 3. The number of benzene rings is 1. The molecule has 0 atom stereocenters. The summed E-state index contributed by atoms with van der Waals surface area (Å²) in [6.07, 6.45) is 3.54. The Labute approximate surface area is 102 Å². The van der Waals surface area contributed by atoms with Crippen molar-refractivity contribution in [2.75, 3.05) is 11.9 Å². The van der Waals surface area contributed by atoms with Crippen LogP contribution in [0.1, 0.15) is 18.1 Å². The maximum atomic E-state index is 4.53. The number of rotatable bonds is 3. The van der Waals surface area contributed by atoms with Crippen LogP contribution in [-0.2, 0) is 0 Å². The molecule has 0 bridgehead atoms. The van der Waals surface area contributed by atoms with Crippen LogP contribution in [-0.4, -0.2) is 16.5 Å². The van der Waals surface area contributed by atoms with Crippen molar-refractivity contribution in [3.63, 3.8) is 0 Å². The van der Waals surface area contributed by atoms with Crippen molar-refractivity contribution in [2.24, 2.45) is 0 Å². The molecule has 0 aliphatic carbocycles. The molecule has 3 heteroatoms. The molecule has 0 fully saturated rings. The summed E-state index contributed by atoms with van der Waals surface area (Å²) in [5, 5.41) is 3.17. The van der Waals surface area contributed by atoms with E-state index in [1.165, 1.54) is 11.1 Å². The van der Waals surface area contributed by atoms with Gasteiger partial charge in [0.1, 0.15) is 5.82 Å². The van der Waals surface area contributed by atoms with Gasteiger partial charge in [0.15, 0.2) is 0 Å². The van der Waals surface area contributed by atoms with Gasteiger partial charge in [0.25, 0.3) is 0 Å². The van der Waals surface area contributed by atoms with Gasteiger partial charge in [-0.05, 0) is 38.0 Å². The predicted molar refractivity (Wildman–Crippen MR) is 71.1 cm³/mol. The maximum Gasteiger partial charge on any atom is 0.145 e. The molecule has 0 aliphatic rings. The van der Waals surface area contributed by atoms with E-state index in [0.29, 0.717) is 0 Å². The van der Waals surface area contributed by atoms with E-state index in [1.807, 2.05) is 6.92 Å². The van der Waals surface area contributed by atoms with E-state index < -0.39 is 0 Å². The number of nitrogens with one attached hydrogen (secondary N) is 1. The number of anilines is 1. The van der Waals surface area contributed by atoms with Gasteiger partial charge in [-0.25, -0.2) is 4.98 Å². The Morgan fingerprint density at radius 3 is 2.65 bits per heavy atom. The van der Waals surface area contributed by atoms with Crippen LogP contribution in [0.2, 0.25) is 0 Å². The summed E-state index contributed by atoms with van der Waals surface area (Å²) in [6.45, 7) is 7.12. The smallest absolute Gasteiger partial charge is 0.145 e. The minimum atomic E-state index is 0.822. The molecule has 0 saturated heterocycles. The van der Waals surface area contributed by atoms with Crippen LogP contribution in [0.3, 0.4) is 0 Å². The van der Waals surface area contributed by atoms with Crippen molar-refractivity contribution < 1.29 is 0 Å². The van der Waals surface area contributed by atoms with Crippen LogP contribution < -0.4 is 5.32 Å².